The van der Waals surface area contributed by atoms with Gasteiger partial charge in [-0.3, -0.25) is 0 Å². The van der Waals surface area contributed by atoms with Gasteiger partial charge in [-0.25, -0.2) is 4.79 Å². The summed E-state index contributed by atoms with van der Waals surface area (Å²) in [5.41, 5.74) is 4.40. The average molecular weight is 420 g/mol. The number of hydrogen-bond donors (Lipinski definition) is 0. The number of likely N-dealkylation sites (tertiary alicyclic amines) is 1. The highest BCUT2D eigenvalue weighted by molar-refractivity contribution is 5.90. The van der Waals surface area contributed by atoms with Gasteiger partial charge in [-0.15, -0.1) is 0 Å². The van der Waals surface area contributed by atoms with E-state index in [1.807, 2.05) is 24.3 Å². The number of hydrogen-bond acceptors (Lipinski definition) is 4. The van der Waals surface area contributed by atoms with Crippen LogP contribution >= 0.6 is 0 Å². The number of aryl methyl sites for hydroxylation is 1. The van der Waals surface area contributed by atoms with E-state index in [2.05, 4.69) is 57.0 Å². The van der Waals surface area contributed by atoms with E-state index < -0.39 is 0 Å². The van der Waals surface area contributed by atoms with Crippen LogP contribution < -0.4 is 4.74 Å². The SMILES string of the molecule is COc1ccc(C23CC=C(OC(=O)c4ccc(C(C)C)cc4)CC2N(C)CC3)cc1C. The second-order valence-electron chi connectivity index (χ2n) is 9.33. The number of allylic oxidation sites excluding steroid dienone is 1. The number of rotatable bonds is 5. The normalized spacial score (nSPS) is 23.4. The van der Waals surface area contributed by atoms with Gasteiger partial charge in [0.2, 0.25) is 0 Å². The Morgan fingerprint density at radius 2 is 1.90 bits per heavy atom. The first-order valence-electron chi connectivity index (χ1n) is 11.2. The molecule has 2 aromatic carbocycles. The average Bonchev–Trinajstić information content (AvgIpc) is 3.11. The molecule has 164 valence electrons. The monoisotopic (exact) mass is 419 g/mol. The third-order valence-electron chi connectivity index (χ3n) is 7.18. The lowest BCUT2D eigenvalue weighted by Gasteiger charge is -2.40. The molecule has 2 unspecified atom stereocenters. The molecule has 1 aliphatic carbocycles. The van der Waals surface area contributed by atoms with Gasteiger partial charge in [0.15, 0.2) is 0 Å². The molecule has 31 heavy (non-hydrogen) atoms. The minimum atomic E-state index is -0.269. The third kappa shape index (κ3) is 4.01. The standard InChI is InChI=1S/C27H33NO3/c1-18(2)20-6-8-21(9-7-20)26(29)31-23-12-13-27(14-15-28(4)25(27)17-23)22-10-11-24(30-5)19(3)16-22/h6-12,16,18,25H,13-15,17H2,1-5H3. The van der Waals surface area contributed by atoms with Gasteiger partial charge >= 0.3 is 5.97 Å². The zero-order chi connectivity index (χ0) is 22.2. The van der Waals surface area contributed by atoms with E-state index in [-0.39, 0.29) is 11.4 Å². The molecule has 0 saturated carbocycles. The zero-order valence-electron chi connectivity index (χ0n) is 19.3. The minimum Gasteiger partial charge on any atom is -0.496 e. The number of carbonyl (C=O) groups is 1. The van der Waals surface area contributed by atoms with Gasteiger partial charge in [-0.05, 0) is 80.2 Å². The first-order chi connectivity index (χ1) is 14.8. The lowest BCUT2D eigenvalue weighted by molar-refractivity contribution is 0.0579. The van der Waals surface area contributed by atoms with Crippen LogP contribution in [0.25, 0.3) is 0 Å². The number of benzene rings is 2. The molecule has 2 atom stereocenters. The predicted molar refractivity (Wildman–Crippen MR) is 124 cm³/mol. The summed E-state index contributed by atoms with van der Waals surface area (Å²) in [5.74, 6) is 1.89. The van der Waals surface area contributed by atoms with Crippen LogP contribution in [-0.2, 0) is 10.2 Å². The van der Waals surface area contributed by atoms with E-state index in [1.54, 1.807) is 7.11 Å². The van der Waals surface area contributed by atoms with Gasteiger partial charge in [0.25, 0.3) is 0 Å². The van der Waals surface area contributed by atoms with E-state index in [9.17, 15) is 4.79 Å². The molecule has 1 fully saturated rings. The second kappa shape index (κ2) is 8.51. The summed E-state index contributed by atoms with van der Waals surface area (Å²) in [5, 5.41) is 0. The Bertz CT molecular complexity index is 992. The van der Waals surface area contributed by atoms with Crippen molar-refractivity contribution in [3.05, 3.63) is 76.6 Å². The number of likely N-dealkylation sites (N-methyl/N-ethyl adjacent to an activating group) is 1. The lowest BCUT2D eigenvalue weighted by atomic mass is 9.68. The highest BCUT2D eigenvalue weighted by Crippen LogP contribution is 2.48. The number of nitrogens with zero attached hydrogens (tertiary/aromatic N) is 1. The highest BCUT2D eigenvalue weighted by atomic mass is 16.5. The first-order valence-corrected chi connectivity index (χ1v) is 11.2. The number of methoxy groups -OCH3 is 1. The molecular formula is C27H33NO3. The molecule has 0 N–H and O–H groups in total. The van der Waals surface area contributed by atoms with Crippen LogP contribution in [0.3, 0.4) is 0 Å². The van der Waals surface area contributed by atoms with Crippen LogP contribution in [0.4, 0.5) is 0 Å². The molecule has 4 rings (SSSR count). The summed E-state index contributed by atoms with van der Waals surface area (Å²) in [6.45, 7) is 7.44. The first kappa shape index (κ1) is 21.6. The molecule has 0 radical (unpaired) electrons. The molecule has 2 aromatic rings. The Morgan fingerprint density at radius 3 is 2.55 bits per heavy atom. The summed E-state index contributed by atoms with van der Waals surface area (Å²) in [6, 6.07) is 14.6. The number of esters is 1. The van der Waals surface area contributed by atoms with Crippen molar-refractivity contribution >= 4 is 5.97 Å². The maximum absolute atomic E-state index is 12.7. The van der Waals surface area contributed by atoms with E-state index in [0.717, 1.165) is 42.9 Å². The highest BCUT2D eigenvalue weighted by Gasteiger charge is 2.49. The Balaban J connectivity index is 1.55. The Morgan fingerprint density at radius 1 is 1.16 bits per heavy atom. The summed E-state index contributed by atoms with van der Waals surface area (Å²) in [7, 11) is 3.89. The van der Waals surface area contributed by atoms with Crippen molar-refractivity contribution in [2.75, 3.05) is 20.7 Å². The molecule has 1 heterocycles. The van der Waals surface area contributed by atoms with Gasteiger partial charge in [0, 0.05) is 17.9 Å². The van der Waals surface area contributed by atoms with Crippen LogP contribution in [0.1, 0.15) is 66.1 Å². The van der Waals surface area contributed by atoms with Crippen molar-refractivity contribution in [1.29, 1.82) is 0 Å². The summed E-state index contributed by atoms with van der Waals surface area (Å²) in [4.78, 5) is 15.2. The van der Waals surface area contributed by atoms with Crippen LogP contribution in [0, 0.1) is 6.92 Å². The lowest BCUT2D eigenvalue weighted by Crippen LogP contribution is -2.43. The van der Waals surface area contributed by atoms with Crippen molar-refractivity contribution in [3.63, 3.8) is 0 Å². The van der Waals surface area contributed by atoms with Gasteiger partial charge in [0.1, 0.15) is 11.5 Å². The molecule has 0 bridgehead atoms. The fraction of sp³-hybridized carbons (Fsp3) is 0.444. The second-order valence-corrected chi connectivity index (χ2v) is 9.33. The van der Waals surface area contributed by atoms with Crippen molar-refractivity contribution < 1.29 is 14.3 Å². The topological polar surface area (TPSA) is 38.8 Å². The molecule has 0 spiro atoms. The van der Waals surface area contributed by atoms with Crippen molar-refractivity contribution in [1.82, 2.24) is 4.90 Å². The molecule has 0 amide bonds. The molecule has 4 heteroatoms. The van der Waals surface area contributed by atoms with Crippen molar-refractivity contribution in [2.45, 2.75) is 57.4 Å². The van der Waals surface area contributed by atoms with Crippen LogP contribution in [0.15, 0.2) is 54.3 Å². The number of carbonyl (C=O) groups excluding carboxylic acids is 1. The van der Waals surface area contributed by atoms with Crippen molar-refractivity contribution in [3.8, 4) is 5.75 Å². The molecule has 2 aliphatic rings. The Hall–Kier alpha value is -2.59. The van der Waals surface area contributed by atoms with Gasteiger partial charge in [0.05, 0.1) is 12.7 Å². The zero-order valence-corrected chi connectivity index (χ0v) is 19.3. The van der Waals surface area contributed by atoms with Gasteiger partial charge in [-0.1, -0.05) is 38.1 Å². The molecule has 1 aliphatic heterocycles. The summed E-state index contributed by atoms with van der Waals surface area (Å²) < 4.78 is 11.3. The maximum Gasteiger partial charge on any atom is 0.343 e. The van der Waals surface area contributed by atoms with Gasteiger partial charge in [-0.2, -0.15) is 0 Å². The smallest absolute Gasteiger partial charge is 0.343 e. The number of ether oxygens (including phenoxy) is 2. The van der Waals surface area contributed by atoms with E-state index in [4.69, 9.17) is 9.47 Å². The third-order valence-corrected chi connectivity index (χ3v) is 7.18. The van der Waals surface area contributed by atoms with Crippen molar-refractivity contribution in [2.24, 2.45) is 0 Å². The van der Waals surface area contributed by atoms with E-state index in [1.165, 1.54) is 11.1 Å². The van der Waals surface area contributed by atoms with Crippen LogP contribution in [0.2, 0.25) is 0 Å². The summed E-state index contributed by atoms with van der Waals surface area (Å²) in [6.07, 6.45) is 4.87. The molecule has 1 saturated heterocycles. The number of fused-ring (bicyclic) bond motifs is 1. The van der Waals surface area contributed by atoms with E-state index in [0.29, 0.717) is 17.5 Å². The van der Waals surface area contributed by atoms with E-state index >= 15 is 0 Å². The van der Waals surface area contributed by atoms with Crippen LogP contribution in [0.5, 0.6) is 5.75 Å². The Labute approximate surface area is 185 Å². The van der Waals surface area contributed by atoms with Crippen LogP contribution in [-0.4, -0.2) is 37.6 Å². The van der Waals surface area contributed by atoms with Gasteiger partial charge < -0.3 is 14.4 Å². The molecular weight excluding hydrogens is 386 g/mol. The fourth-order valence-corrected chi connectivity index (χ4v) is 5.19. The minimum absolute atomic E-state index is 0.0562. The largest absolute Gasteiger partial charge is 0.496 e. The summed E-state index contributed by atoms with van der Waals surface area (Å²) >= 11 is 0. The maximum atomic E-state index is 12.7. The molecule has 4 nitrogen and oxygen atoms in total. The predicted octanol–water partition coefficient (Wildman–Crippen LogP) is 5.60. The fourth-order valence-electron chi connectivity index (χ4n) is 5.19. The Kier molecular flexibility index (Phi) is 5.94. The molecule has 0 aromatic heterocycles. The quantitative estimate of drug-likeness (QED) is 0.591.